The smallest absolute Gasteiger partial charge is 0.135 e. The molecule has 0 radical (unpaired) electrons. The lowest BCUT2D eigenvalue weighted by molar-refractivity contribution is -0.116. The van der Waals surface area contributed by atoms with Gasteiger partial charge in [0.05, 0.1) is 12.3 Å². The Labute approximate surface area is 151 Å². The highest BCUT2D eigenvalue weighted by Crippen LogP contribution is 2.32. The van der Waals surface area contributed by atoms with Crippen molar-refractivity contribution in [2.75, 3.05) is 0 Å². The zero-order valence-corrected chi connectivity index (χ0v) is 14.9. The van der Waals surface area contributed by atoms with Crippen LogP contribution in [0.2, 0.25) is 5.02 Å². The molecule has 128 valence electrons. The van der Waals surface area contributed by atoms with E-state index in [2.05, 4.69) is 4.98 Å². The molecule has 2 heterocycles. The van der Waals surface area contributed by atoms with Crippen LogP contribution in [-0.4, -0.2) is 20.4 Å². The highest BCUT2D eigenvalue weighted by atomic mass is 35.5. The molecule has 2 aromatic heterocycles. The van der Waals surface area contributed by atoms with Gasteiger partial charge in [-0.15, -0.1) is 0 Å². The van der Waals surface area contributed by atoms with Crippen LogP contribution in [0.3, 0.4) is 0 Å². The predicted molar refractivity (Wildman–Crippen MR) is 99.1 cm³/mol. The van der Waals surface area contributed by atoms with Crippen LogP contribution in [-0.2, 0) is 17.8 Å². The van der Waals surface area contributed by atoms with Crippen molar-refractivity contribution in [1.29, 1.82) is 0 Å². The van der Waals surface area contributed by atoms with Crippen molar-refractivity contribution in [1.82, 2.24) is 9.55 Å². The van der Waals surface area contributed by atoms with Crippen molar-refractivity contribution in [3.8, 4) is 16.8 Å². The number of Topliss-reactive ketones (excluding diaryl/α,β-unsaturated/α-hetero) is 1. The number of aliphatic hydroxyl groups excluding tert-OH is 1. The van der Waals surface area contributed by atoms with E-state index in [1.807, 2.05) is 54.2 Å². The second-order valence-corrected chi connectivity index (χ2v) is 6.49. The van der Waals surface area contributed by atoms with Gasteiger partial charge < -0.3 is 9.67 Å². The maximum atomic E-state index is 11.4. The second kappa shape index (κ2) is 7.21. The molecule has 4 nitrogen and oxygen atoms in total. The number of pyridine rings is 1. The summed E-state index contributed by atoms with van der Waals surface area (Å²) < 4.78 is 1.95. The molecule has 0 aliphatic heterocycles. The van der Waals surface area contributed by atoms with Crippen LogP contribution in [0.5, 0.6) is 0 Å². The zero-order chi connectivity index (χ0) is 18.0. The number of aryl methyl sites for hydroxylation is 1. The summed E-state index contributed by atoms with van der Waals surface area (Å²) in [4.78, 5) is 15.7. The topological polar surface area (TPSA) is 55.1 Å². The third-order valence-corrected chi connectivity index (χ3v) is 4.41. The van der Waals surface area contributed by atoms with Crippen LogP contribution in [0, 0.1) is 6.92 Å². The standard InChI is InChI=1S/C20H19ClN2O2/c1-13-9-22-16(7-14(2)25)8-20(13)23-10-15(12-24)18(11-23)17-5-3-4-6-19(17)21/h3-6,8-11,24H,7,12H2,1-2H3. The summed E-state index contributed by atoms with van der Waals surface area (Å²) in [6, 6.07) is 9.47. The van der Waals surface area contributed by atoms with Crippen molar-refractivity contribution in [2.24, 2.45) is 0 Å². The zero-order valence-electron chi connectivity index (χ0n) is 14.2. The van der Waals surface area contributed by atoms with Gasteiger partial charge in [0.25, 0.3) is 0 Å². The quantitative estimate of drug-likeness (QED) is 0.749. The molecule has 1 aromatic carbocycles. The predicted octanol–water partition coefficient (Wildman–Crippen LogP) is 4.12. The van der Waals surface area contributed by atoms with Gasteiger partial charge in [-0.05, 0) is 31.5 Å². The van der Waals surface area contributed by atoms with Crippen LogP contribution in [0.15, 0.2) is 48.9 Å². The number of rotatable bonds is 5. The first-order valence-electron chi connectivity index (χ1n) is 8.01. The summed E-state index contributed by atoms with van der Waals surface area (Å²) in [7, 11) is 0. The lowest BCUT2D eigenvalue weighted by Crippen LogP contribution is -2.03. The molecule has 0 amide bonds. The van der Waals surface area contributed by atoms with E-state index >= 15 is 0 Å². The second-order valence-electron chi connectivity index (χ2n) is 6.08. The maximum absolute atomic E-state index is 11.4. The number of carbonyl (C=O) groups excluding carboxylic acids is 1. The Kier molecular flexibility index (Phi) is 5.02. The molecular formula is C20H19ClN2O2. The Balaban J connectivity index is 2.10. The molecule has 0 bridgehead atoms. The van der Waals surface area contributed by atoms with Crippen molar-refractivity contribution >= 4 is 17.4 Å². The van der Waals surface area contributed by atoms with Gasteiger partial charge in [-0.2, -0.15) is 0 Å². The van der Waals surface area contributed by atoms with Crippen molar-refractivity contribution in [3.63, 3.8) is 0 Å². The number of hydrogen-bond acceptors (Lipinski definition) is 3. The number of aromatic nitrogens is 2. The summed E-state index contributed by atoms with van der Waals surface area (Å²) in [5.74, 6) is 0.0719. The molecule has 0 saturated carbocycles. The minimum atomic E-state index is -0.0853. The number of nitrogens with zero attached hydrogens (tertiary/aromatic N) is 2. The molecule has 0 atom stereocenters. The summed E-state index contributed by atoms with van der Waals surface area (Å²) in [6.45, 7) is 3.43. The SMILES string of the molecule is CC(=O)Cc1cc(-n2cc(CO)c(-c3ccccc3Cl)c2)c(C)cn1. The minimum Gasteiger partial charge on any atom is -0.392 e. The normalized spacial score (nSPS) is 10.9. The molecule has 5 heteroatoms. The van der Waals surface area contributed by atoms with E-state index in [1.165, 1.54) is 0 Å². The van der Waals surface area contributed by atoms with Gasteiger partial charge in [0.2, 0.25) is 0 Å². The molecule has 3 rings (SSSR count). The van der Waals surface area contributed by atoms with E-state index in [4.69, 9.17) is 11.6 Å². The van der Waals surface area contributed by atoms with Crippen LogP contribution >= 0.6 is 11.6 Å². The first-order valence-corrected chi connectivity index (χ1v) is 8.39. The Hall–Kier alpha value is -2.43. The summed E-state index contributed by atoms with van der Waals surface area (Å²) >= 11 is 6.32. The highest BCUT2D eigenvalue weighted by molar-refractivity contribution is 6.33. The molecular weight excluding hydrogens is 336 g/mol. The molecule has 0 spiro atoms. The molecule has 0 fully saturated rings. The fourth-order valence-electron chi connectivity index (χ4n) is 2.87. The number of benzene rings is 1. The van der Waals surface area contributed by atoms with Gasteiger partial charge in [0, 0.05) is 52.4 Å². The van der Waals surface area contributed by atoms with Crippen LogP contribution in [0.25, 0.3) is 16.8 Å². The average molecular weight is 355 g/mol. The summed E-state index contributed by atoms with van der Waals surface area (Å²) in [5.41, 5.74) is 5.20. The van der Waals surface area contributed by atoms with Gasteiger partial charge in [-0.1, -0.05) is 29.8 Å². The van der Waals surface area contributed by atoms with Crippen LogP contribution < -0.4 is 0 Å². The summed E-state index contributed by atoms with van der Waals surface area (Å²) in [5, 5.41) is 10.4. The third kappa shape index (κ3) is 3.65. The van der Waals surface area contributed by atoms with Gasteiger partial charge in [0.1, 0.15) is 5.78 Å². The Morgan fingerprint density at radius 1 is 1.24 bits per heavy atom. The number of hydrogen-bond donors (Lipinski definition) is 1. The Morgan fingerprint density at radius 2 is 2.00 bits per heavy atom. The lowest BCUT2D eigenvalue weighted by Gasteiger charge is -2.09. The molecule has 3 aromatic rings. The van der Waals surface area contributed by atoms with E-state index in [1.54, 1.807) is 13.1 Å². The van der Waals surface area contributed by atoms with Crippen molar-refractivity contribution < 1.29 is 9.90 Å². The molecule has 0 saturated heterocycles. The monoisotopic (exact) mass is 354 g/mol. The molecule has 1 N–H and O–H groups in total. The first kappa shape index (κ1) is 17.4. The van der Waals surface area contributed by atoms with Gasteiger partial charge in [-0.3, -0.25) is 9.78 Å². The van der Waals surface area contributed by atoms with Crippen molar-refractivity contribution in [2.45, 2.75) is 26.9 Å². The van der Waals surface area contributed by atoms with Gasteiger partial charge in [0.15, 0.2) is 0 Å². The maximum Gasteiger partial charge on any atom is 0.135 e. The lowest BCUT2D eigenvalue weighted by atomic mass is 10.1. The van der Waals surface area contributed by atoms with Gasteiger partial charge in [-0.25, -0.2) is 0 Å². The van der Waals surface area contributed by atoms with Gasteiger partial charge >= 0.3 is 0 Å². The molecule has 0 aliphatic carbocycles. The highest BCUT2D eigenvalue weighted by Gasteiger charge is 2.14. The number of carbonyl (C=O) groups is 1. The average Bonchev–Trinajstić information content (AvgIpc) is 3.00. The molecule has 0 unspecified atom stereocenters. The molecule has 25 heavy (non-hydrogen) atoms. The van der Waals surface area contributed by atoms with E-state index in [-0.39, 0.29) is 12.4 Å². The minimum absolute atomic E-state index is 0.0719. The Morgan fingerprint density at radius 3 is 2.68 bits per heavy atom. The van der Waals surface area contributed by atoms with E-state index < -0.39 is 0 Å². The number of aliphatic hydroxyl groups is 1. The van der Waals surface area contributed by atoms with Crippen LogP contribution in [0.4, 0.5) is 0 Å². The third-order valence-electron chi connectivity index (χ3n) is 4.08. The number of halogens is 1. The molecule has 0 aliphatic rings. The number of ketones is 1. The fourth-order valence-corrected chi connectivity index (χ4v) is 3.11. The van der Waals surface area contributed by atoms with E-state index in [0.29, 0.717) is 11.4 Å². The summed E-state index contributed by atoms with van der Waals surface area (Å²) in [6.07, 6.45) is 5.91. The van der Waals surface area contributed by atoms with E-state index in [9.17, 15) is 9.90 Å². The first-order chi connectivity index (χ1) is 12.0. The van der Waals surface area contributed by atoms with Crippen LogP contribution in [0.1, 0.15) is 23.7 Å². The fraction of sp³-hybridized carbons (Fsp3) is 0.200. The van der Waals surface area contributed by atoms with Crippen molar-refractivity contribution in [3.05, 3.63) is 70.8 Å². The largest absolute Gasteiger partial charge is 0.392 e. The van der Waals surface area contributed by atoms with E-state index in [0.717, 1.165) is 33.6 Å². The Bertz CT molecular complexity index is 931.